The van der Waals surface area contributed by atoms with Crippen LogP contribution in [0.15, 0.2) is 43.0 Å². The van der Waals surface area contributed by atoms with Gasteiger partial charge in [0.1, 0.15) is 30.2 Å². The molecule has 4 atom stereocenters. The summed E-state index contributed by atoms with van der Waals surface area (Å²) in [6.07, 6.45) is 1.38. The van der Waals surface area contributed by atoms with Crippen LogP contribution in [-0.4, -0.2) is 70.7 Å². The number of rotatable bonds is 5. The molecule has 12 heteroatoms. The first-order chi connectivity index (χ1) is 14.9. The Morgan fingerprint density at radius 1 is 1.23 bits per heavy atom. The Morgan fingerprint density at radius 2 is 2.03 bits per heavy atom. The molecule has 0 unspecified atom stereocenters. The Balaban J connectivity index is 1.41. The van der Waals surface area contributed by atoms with E-state index in [0.717, 1.165) is 0 Å². The molecule has 0 saturated carbocycles. The Bertz CT molecular complexity index is 1150. The molecule has 0 bridgehead atoms. The van der Waals surface area contributed by atoms with Gasteiger partial charge in [0.15, 0.2) is 29.2 Å². The summed E-state index contributed by atoms with van der Waals surface area (Å²) in [6, 6.07) is 4.06. The van der Waals surface area contributed by atoms with Crippen LogP contribution in [0, 0.1) is 0 Å². The van der Waals surface area contributed by atoms with Crippen molar-refractivity contribution in [2.45, 2.75) is 24.5 Å². The molecule has 0 radical (unpaired) electrons. The van der Waals surface area contributed by atoms with Crippen LogP contribution in [-0.2, 0) is 4.74 Å². The van der Waals surface area contributed by atoms with E-state index in [-0.39, 0.29) is 17.9 Å². The summed E-state index contributed by atoms with van der Waals surface area (Å²) < 4.78 is 7.21. The molecule has 1 aliphatic rings. The normalized spacial score (nSPS) is 23.5. The van der Waals surface area contributed by atoms with Crippen molar-refractivity contribution in [2.24, 2.45) is 0 Å². The zero-order chi connectivity index (χ0) is 22.1. The standard InChI is InChI=1S/C19H20N6O6/c20-16-12-17(23-7-22-16)25(8-24-12)19-15(29)14(28)11(31-19)5-2-6-21-18(30)9-3-1-4-10(26)13(9)27/h1-5,7-8,11,14-15,19,26-29H,6H2,(H,21,30)(H2,20,22,23)/b5-2+/t11-,14-,15-,19-/m1/s1. The van der Waals surface area contributed by atoms with Gasteiger partial charge in [0.05, 0.1) is 11.9 Å². The number of fused-ring (bicyclic) bond motifs is 1. The SMILES string of the molecule is Nc1ncnc2c1ncn2[C@@H]1O[C@H](/C=C/CNC(=O)c2cccc(O)c2O)[C@@H](O)[C@H]1O. The predicted octanol–water partition coefficient (Wildman–Crippen LogP) is -0.575. The maximum absolute atomic E-state index is 12.1. The second-order valence-electron chi connectivity index (χ2n) is 6.87. The summed E-state index contributed by atoms with van der Waals surface area (Å²) in [6.45, 7) is 0.0546. The number of nitrogen functional groups attached to an aromatic ring is 1. The van der Waals surface area contributed by atoms with Crippen LogP contribution in [0.25, 0.3) is 11.2 Å². The molecule has 3 aromatic rings. The van der Waals surface area contributed by atoms with E-state index in [0.29, 0.717) is 11.2 Å². The minimum absolute atomic E-state index is 0.0546. The number of ether oxygens (including phenoxy) is 1. The molecule has 7 N–H and O–H groups in total. The number of phenolic OH excluding ortho intramolecular Hbond substituents is 2. The smallest absolute Gasteiger partial charge is 0.255 e. The number of aliphatic hydroxyl groups is 2. The van der Waals surface area contributed by atoms with Crippen LogP contribution < -0.4 is 11.1 Å². The number of para-hydroxylation sites is 1. The number of nitrogens with one attached hydrogen (secondary N) is 1. The molecule has 1 aromatic carbocycles. The first-order valence-electron chi connectivity index (χ1n) is 9.29. The van der Waals surface area contributed by atoms with Gasteiger partial charge in [0, 0.05) is 6.54 Å². The molecule has 0 aliphatic carbocycles. The minimum atomic E-state index is -1.26. The molecular weight excluding hydrogens is 408 g/mol. The van der Waals surface area contributed by atoms with E-state index in [1.54, 1.807) is 0 Å². The molecule has 4 rings (SSSR count). The molecule has 1 fully saturated rings. The summed E-state index contributed by atoms with van der Waals surface area (Å²) >= 11 is 0. The van der Waals surface area contributed by atoms with Crippen molar-refractivity contribution in [3.05, 3.63) is 48.6 Å². The number of phenols is 2. The van der Waals surface area contributed by atoms with Gasteiger partial charge in [-0.3, -0.25) is 9.36 Å². The van der Waals surface area contributed by atoms with E-state index in [1.807, 2.05) is 0 Å². The number of aliphatic hydroxyl groups excluding tert-OH is 2. The summed E-state index contributed by atoms with van der Waals surface area (Å²) in [5.41, 5.74) is 6.40. The molecule has 31 heavy (non-hydrogen) atoms. The Morgan fingerprint density at radius 3 is 2.84 bits per heavy atom. The number of nitrogens with two attached hydrogens (primary N) is 1. The fourth-order valence-corrected chi connectivity index (χ4v) is 3.29. The van der Waals surface area contributed by atoms with Gasteiger partial charge in [-0.15, -0.1) is 0 Å². The Hall–Kier alpha value is -3.74. The lowest BCUT2D eigenvalue weighted by atomic mass is 10.1. The Kier molecular flexibility index (Phi) is 5.42. The fourth-order valence-electron chi connectivity index (χ4n) is 3.29. The maximum atomic E-state index is 12.1. The van der Waals surface area contributed by atoms with Crippen LogP contribution in [0.1, 0.15) is 16.6 Å². The lowest BCUT2D eigenvalue weighted by molar-refractivity contribution is -0.0245. The third-order valence-electron chi connectivity index (χ3n) is 4.90. The van der Waals surface area contributed by atoms with Crippen LogP contribution in [0.2, 0.25) is 0 Å². The third-order valence-corrected chi connectivity index (χ3v) is 4.90. The predicted molar refractivity (Wildman–Crippen MR) is 107 cm³/mol. The van der Waals surface area contributed by atoms with Gasteiger partial charge in [-0.05, 0) is 12.1 Å². The van der Waals surface area contributed by atoms with Crippen molar-refractivity contribution in [3.63, 3.8) is 0 Å². The van der Waals surface area contributed by atoms with E-state index >= 15 is 0 Å². The lowest BCUT2D eigenvalue weighted by Gasteiger charge is -2.16. The number of carbonyl (C=O) groups is 1. The number of benzene rings is 1. The average molecular weight is 428 g/mol. The van der Waals surface area contributed by atoms with Gasteiger partial charge in [-0.2, -0.15) is 0 Å². The van der Waals surface area contributed by atoms with Crippen LogP contribution >= 0.6 is 0 Å². The molecular formula is C19H20N6O6. The zero-order valence-corrected chi connectivity index (χ0v) is 16.0. The third kappa shape index (κ3) is 3.74. The van der Waals surface area contributed by atoms with E-state index in [1.165, 1.54) is 47.6 Å². The molecule has 12 nitrogen and oxygen atoms in total. The molecule has 3 heterocycles. The number of imidazole rings is 1. The molecule has 1 amide bonds. The summed E-state index contributed by atoms with van der Waals surface area (Å²) in [5, 5.41) is 42.5. The van der Waals surface area contributed by atoms with Crippen LogP contribution in [0.5, 0.6) is 11.5 Å². The van der Waals surface area contributed by atoms with Crippen LogP contribution in [0.3, 0.4) is 0 Å². The van der Waals surface area contributed by atoms with Crippen molar-refractivity contribution < 1.29 is 30.0 Å². The van der Waals surface area contributed by atoms with E-state index in [9.17, 15) is 25.2 Å². The molecule has 1 saturated heterocycles. The van der Waals surface area contributed by atoms with Gasteiger partial charge in [-0.25, -0.2) is 15.0 Å². The van der Waals surface area contributed by atoms with Crippen molar-refractivity contribution >= 4 is 22.9 Å². The van der Waals surface area contributed by atoms with Gasteiger partial charge in [0.25, 0.3) is 5.91 Å². The highest BCUT2D eigenvalue weighted by Crippen LogP contribution is 2.32. The lowest BCUT2D eigenvalue weighted by Crippen LogP contribution is -2.31. The minimum Gasteiger partial charge on any atom is -0.504 e. The number of carbonyl (C=O) groups excluding carboxylic acids is 1. The van der Waals surface area contributed by atoms with Crippen LogP contribution in [0.4, 0.5) is 5.82 Å². The van der Waals surface area contributed by atoms with Gasteiger partial charge >= 0.3 is 0 Å². The van der Waals surface area contributed by atoms with Crippen molar-refractivity contribution in [3.8, 4) is 11.5 Å². The van der Waals surface area contributed by atoms with E-state index in [4.69, 9.17) is 10.5 Å². The van der Waals surface area contributed by atoms with Crippen molar-refractivity contribution in [1.82, 2.24) is 24.8 Å². The highest BCUT2D eigenvalue weighted by Gasteiger charge is 2.43. The number of hydrogen-bond acceptors (Lipinski definition) is 10. The first kappa shape index (κ1) is 20.5. The quantitative estimate of drug-likeness (QED) is 0.227. The molecule has 1 aliphatic heterocycles. The maximum Gasteiger partial charge on any atom is 0.255 e. The molecule has 0 spiro atoms. The van der Waals surface area contributed by atoms with Gasteiger partial charge in [0.2, 0.25) is 0 Å². The molecule has 162 valence electrons. The Labute approximate surface area is 175 Å². The highest BCUT2D eigenvalue weighted by atomic mass is 16.6. The number of aromatic hydroxyl groups is 2. The van der Waals surface area contributed by atoms with E-state index < -0.39 is 41.9 Å². The van der Waals surface area contributed by atoms with E-state index in [2.05, 4.69) is 20.3 Å². The fraction of sp³-hybridized carbons (Fsp3) is 0.263. The molecule has 2 aromatic heterocycles. The largest absolute Gasteiger partial charge is 0.504 e. The monoisotopic (exact) mass is 428 g/mol. The average Bonchev–Trinajstić information content (AvgIpc) is 3.30. The number of nitrogens with zero attached hydrogens (tertiary/aromatic N) is 4. The zero-order valence-electron chi connectivity index (χ0n) is 16.0. The highest BCUT2D eigenvalue weighted by molar-refractivity contribution is 5.97. The number of hydrogen-bond donors (Lipinski definition) is 6. The number of aromatic nitrogens is 4. The second-order valence-corrected chi connectivity index (χ2v) is 6.87. The number of amides is 1. The summed E-state index contributed by atoms with van der Waals surface area (Å²) in [5.74, 6) is -1.32. The first-order valence-corrected chi connectivity index (χ1v) is 9.29. The van der Waals surface area contributed by atoms with Crippen molar-refractivity contribution in [1.29, 1.82) is 0 Å². The summed E-state index contributed by atoms with van der Waals surface area (Å²) in [7, 11) is 0. The number of anilines is 1. The van der Waals surface area contributed by atoms with Gasteiger partial charge < -0.3 is 36.2 Å². The topological polar surface area (TPSA) is 189 Å². The second kappa shape index (κ2) is 8.18. The van der Waals surface area contributed by atoms with Crippen molar-refractivity contribution in [2.75, 3.05) is 12.3 Å². The van der Waals surface area contributed by atoms with Gasteiger partial charge in [-0.1, -0.05) is 18.2 Å². The summed E-state index contributed by atoms with van der Waals surface area (Å²) in [4.78, 5) is 24.2.